The number of benzene rings is 2. The summed E-state index contributed by atoms with van der Waals surface area (Å²) in [6.07, 6.45) is 8.33. The van der Waals surface area contributed by atoms with Crippen LogP contribution in [0, 0.1) is 0 Å². The number of rotatable bonds is 19. The van der Waals surface area contributed by atoms with E-state index < -0.39 is 24.1 Å². The molecule has 2 atom stereocenters. The molecule has 0 saturated carbocycles. The Bertz CT molecular complexity index is 2480. The van der Waals surface area contributed by atoms with Crippen LogP contribution in [0.1, 0.15) is 0 Å². The van der Waals surface area contributed by atoms with E-state index in [-0.39, 0.29) is 23.3 Å². The maximum absolute atomic E-state index is 13.7. The molecule has 2 unspecified atom stereocenters. The molecule has 18 nitrogen and oxygen atoms in total. The topological polar surface area (TPSA) is 205 Å². The molecule has 0 fully saturated rings. The zero-order valence-corrected chi connectivity index (χ0v) is 34.1. The van der Waals surface area contributed by atoms with E-state index >= 15 is 0 Å². The zero-order valence-electron chi connectivity index (χ0n) is 32.5. The molecule has 0 saturated heterocycles. The van der Waals surface area contributed by atoms with E-state index in [1.54, 1.807) is 85.7 Å². The van der Waals surface area contributed by atoms with Crippen LogP contribution < -0.4 is 19.6 Å². The van der Waals surface area contributed by atoms with Crippen molar-refractivity contribution in [2.75, 3.05) is 23.3 Å². The highest BCUT2D eigenvalue weighted by molar-refractivity contribution is 7.13. The first-order chi connectivity index (χ1) is 30.4. The van der Waals surface area contributed by atoms with Gasteiger partial charge in [0.05, 0.1) is 58.3 Å². The summed E-state index contributed by atoms with van der Waals surface area (Å²) in [5, 5.41) is 28.1. The van der Waals surface area contributed by atoms with Gasteiger partial charge in [0.2, 0.25) is 0 Å². The Morgan fingerprint density at radius 3 is 1.48 bits per heavy atom. The monoisotopic (exact) mass is 872 g/mol. The van der Waals surface area contributed by atoms with Crippen LogP contribution in [0.2, 0.25) is 0 Å². The van der Waals surface area contributed by atoms with Crippen molar-refractivity contribution in [3.8, 4) is 32.6 Å². The highest BCUT2D eigenvalue weighted by Crippen LogP contribution is 2.32. The summed E-state index contributed by atoms with van der Waals surface area (Å²) < 4.78 is 15.6. The minimum Gasteiger partial charge on any atom is -0.492 e. The number of aliphatic hydroxyl groups is 2. The number of ether oxygens (including phenoxy) is 2. The Kier molecular flexibility index (Phi) is 13.1. The molecule has 0 spiro atoms. The van der Waals surface area contributed by atoms with Crippen LogP contribution in [-0.4, -0.2) is 86.6 Å². The number of nitrogens with zero attached hydrogens (tertiary/aromatic N) is 10. The van der Waals surface area contributed by atoms with Gasteiger partial charge >= 0.3 is 11.9 Å². The molecule has 2 aromatic carbocycles. The molecule has 314 valence electrons. The SMILES string of the molecule is O=C(ON(c1cccc(OCCn2ccnc2)c1)c1nccc(-c2cccs2)n1)C(O)C(O)C(=O)ON(c1cccc(OCCn2ccnc2)c1)c1nccc(-c2cccs2)n1. The van der Waals surface area contributed by atoms with Gasteiger partial charge in [-0.3, -0.25) is 0 Å². The number of carbonyl (C=O) groups is 2. The van der Waals surface area contributed by atoms with Crippen molar-refractivity contribution in [1.82, 2.24) is 39.0 Å². The number of anilines is 4. The van der Waals surface area contributed by atoms with Gasteiger partial charge in [0.25, 0.3) is 11.9 Å². The highest BCUT2D eigenvalue weighted by atomic mass is 32.1. The number of aromatic nitrogens is 8. The van der Waals surface area contributed by atoms with Crippen LogP contribution >= 0.6 is 22.7 Å². The van der Waals surface area contributed by atoms with Crippen molar-refractivity contribution < 1.29 is 39.0 Å². The van der Waals surface area contributed by atoms with Gasteiger partial charge in [-0.05, 0) is 59.3 Å². The molecule has 8 rings (SSSR count). The first-order valence-corrected chi connectivity index (χ1v) is 20.6. The minimum atomic E-state index is -2.46. The minimum absolute atomic E-state index is 0.0924. The van der Waals surface area contributed by atoms with Crippen molar-refractivity contribution in [2.45, 2.75) is 25.3 Å². The molecule has 0 bridgehead atoms. The number of aliphatic hydroxyl groups excluding tert-OH is 2. The molecule has 6 aromatic heterocycles. The number of hydrogen-bond donors (Lipinski definition) is 2. The fourth-order valence-electron chi connectivity index (χ4n) is 5.75. The molecule has 0 aliphatic carbocycles. The van der Waals surface area contributed by atoms with Crippen LogP contribution in [0.3, 0.4) is 0 Å². The third-order valence-electron chi connectivity index (χ3n) is 8.80. The zero-order chi connectivity index (χ0) is 42.7. The Morgan fingerprint density at radius 1 is 0.613 bits per heavy atom. The largest absolute Gasteiger partial charge is 0.492 e. The molecule has 62 heavy (non-hydrogen) atoms. The summed E-state index contributed by atoms with van der Waals surface area (Å²) >= 11 is 2.89. The van der Waals surface area contributed by atoms with Crippen molar-refractivity contribution in [2.24, 2.45) is 0 Å². The van der Waals surface area contributed by atoms with Gasteiger partial charge in [-0.25, -0.2) is 39.5 Å². The van der Waals surface area contributed by atoms with Crippen LogP contribution in [0.15, 0.2) is 146 Å². The molecule has 0 amide bonds. The van der Waals surface area contributed by atoms with Crippen molar-refractivity contribution in [1.29, 1.82) is 0 Å². The lowest BCUT2D eigenvalue weighted by Gasteiger charge is -2.25. The van der Waals surface area contributed by atoms with Gasteiger partial charge < -0.3 is 38.5 Å². The second-order valence-electron chi connectivity index (χ2n) is 13.0. The third-order valence-corrected chi connectivity index (χ3v) is 10.6. The fourth-order valence-corrected chi connectivity index (χ4v) is 7.14. The van der Waals surface area contributed by atoms with E-state index in [9.17, 15) is 19.8 Å². The Morgan fingerprint density at radius 2 is 1.08 bits per heavy atom. The smallest absolute Gasteiger partial charge is 0.364 e. The van der Waals surface area contributed by atoms with Crippen molar-refractivity contribution in [3.63, 3.8) is 0 Å². The van der Waals surface area contributed by atoms with Crippen LogP contribution in [0.4, 0.5) is 23.3 Å². The average Bonchev–Trinajstić information content (AvgIpc) is 4.17. The molecule has 6 heterocycles. The summed E-state index contributed by atoms with van der Waals surface area (Å²) in [5.74, 6) is -2.21. The molecule has 8 aromatic rings. The Labute approximate surface area is 361 Å². The fraction of sp³-hybridized carbons (Fsp3) is 0.143. The maximum Gasteiger partial charge on any atom is 0.364 e. The first-order valence-electron chi connectivity index (χ1n) is 18.9. The second-order valence-corrected chi connectivity index (χ2v) is 14.9. The number of carbonyl (C=O) groups excluding carboxylic acids is 2. The summed E-state index contributed by atoms with van der Waals surface area (Å²) in [6, 6.07) is 24.0. The van der Waals surface area contributed by atoms with Crippen molar-refractivity contribution in [3.05, 3.63) is 146 Å². The predicted octanol–water partition coefficient (Wildman–Crippen LogP) is 5.89. The summed E-state index contributed by atoms with van der Waals surface area (Å²) in [7, 11) is 0. The first kappa shape index (κ1) is 41.2. The van der Waals surface area contributed by atoms with Gasteiger partial charge in [0.15, 0.2) is 12.2 Å². The summed E-state index contributed by atoms with van der Waals surface area (Å²) in [4.78, 5) is 66.5. The van der Waals surface area contributed by atoms with E-state index in [0.717, 1.165) is 19.9 Å². The van der Waals surface area contributed by atoms with E-state index in [1.807, 2.05) is 56.6 Å². The van der Waals surface area contributed by atoms with E-state index in [2.05, 4.69) is 29.9 Å². The Hall–Kier alpha value is -7.52. The second kappa shape index (κ2) is 19.7. The normalized spacial score (nSPS) is 12.0. The lowest BCUT2D eigenvalue weighted by atomic mass is 10.2. The van der Waals surface area contributed by atoms with Gasteiger partial charge in [-0.1, -0.05) is 24.3 Å². The third kappa shape index (κ3) is 10.3. The maximum atomic E-state index is 13.7. The molecule has 0 aliphatic heterocycles. The molecule has 2 N–H and O–H groups in total. The number of imidazole rings is 2. The van der Waals surface area contributed by atoms with Crippen molar-refractivity contribution >= 4 is 57.9 Å². The molecular weight excluding hydrogens is 837 g/mol. The van der Waals surface area contributed by atoms with E-state index in [0.29, 0.717) is 49.2 Å². The predicted molar refractivity (Wildman–Crippen MR) is 227 cm³/mol. The van der Waals surface area contributed by atoms with Gasteiger partial charge in [-0.2, -0.15) is 0 Å². The lowest BCUT2D eigenvalue weighted by molar-refractivity contribution is -0.173. The lowest BCUT2D eigenvalue weighted by Crippen LogP contribution is -2.45. The molecular formula is C42H36N10O8S2. The van der Waals surface area contributed by atoms with Crippen LogP contribution in [0.5, 0.6) is 11.5 Å². The average molecular weight is 873 g/mol. The quantitative estimate of drug-likeness (QED) is 0.0909. The van der Waals surface area contributed by atoms with E-state index in [4.69, 9.17) is 19.1 Å². The molecule has 20 heteroatoms. The van der Waals surface area contributed by atoms with Gasteiger partial charge in [-0.15, -0.1) is 32.8 Å². The van der Waals surface area contributed by atoms with Crippen LogP contribution in [0.25, 0.3) is 21.1 Å². The van der Waals surface area contributed by atoms with Crippen LogP contribution in [-0.2, 0) is 32.4 Å². The van der Waals surface area contributed by atoms with E-state index in [1.165, 1.54) is 35.1 Å². The summed E-state index contributed by atoms with van der Waals surface area (Å²) in [5.41, 5.74) is 1.52. The highest BCUT2D eigenvalue weighted by Gasteiger charge is 2.37. The Balaban J connectivity index is 1.03. The summed E-state index contributed by atoms with van der Waals surface area (Å²) in [6.45, 7) is 1.62. The molecule has 0 aliphatic rings. The number of hydrogen-bond acceptors (Lipinski definition) is 18. The molecule has 0 radical (unpaired) electrons. The standard InChI is InChI=1S/C42H36N10O8S2/c53-37(39(55)59-51(41-45-13-11-33(47-41)35-9-3-23-61-35)29-5-1-7-31(25-29)57-21-19-49-17-15-43-27-49)38(54)40(56)60-52(42-46-14-12-34(48-42)36-10-4-24-62-36)30-6-2-8-32(26-30)58-22-20-50-18-16-44-28-50/h1-18,23-28,37-38,53-54H,19-22H2. The van der Waals surface area contributed by atoms with Gasteiger partial charge in [0, 0.05) is 49.3 Å². The number of thiophene rings is 2. The van der Waals surface area contributed by atoms with Gasteiger partial charge in [0.1, 0.15) is 24.7 Å².